The molecule has 104 valence electrons. The minimum atomic E-state index is -0.103. The van der Waals surface area contributed by atoms with Gasteiger partial charge in [0.05, 0.1) is 5.69 Å². The van der Waals surface area contributed by atoms with E-state index in [1.807, 2.05) is 37.3 Å². The van der Waals surface area contributed by atoms with E-state index in [4.69, 9.17) is 5.84 Å². The summed E-state index contributed by atoms with van der Waals surface area (Å²) in [6.45, 7) is 3.14. The number of hydrazine groups is 1. The van der Waals surface area contributed by atoms with Gasteiger partial charge in [-0.15, -0.1) is 0 Å². The summed E-state index contributed by atoms with van der Waals surface area (Å²) in [6.07, 6.45) is 1.57. The Bertz CT molecular complexity index is 571. The molecule has 20 heavy (non-hydrogen) atoms. The van der Waals surface area contributed by atoms with E-state index in [9.17, 15) is 4.79 Å². The third kappa shape index (κ3) is 3.33. The van der Waals surface area contributed by atoms with Crippen molar-refractivity contribution in [1.29, 1.82) is 0 Å². The zero-order chi connectivity index (χ0) is 14.4. The normalized spacial score (nSPS) is 10.1. The number of pyridine rings is 1. The van der Waals surface area contributed by atoms with Gasteiger partial charge in [0.25, 0.3) is 5.91 Å². The van der Waals surface area contributed by atoms with Crippen molar-refractivity contribution in [3.63, 3.8) is 0 Å². The number of rotatable bonds is 5. The smallest absolute Gasteiger partial charge is 0.272 e. The number of nitrogens with zero attached hydrogens (tertiary/aromatic N) is 2. The molecular formula is C15H18N4O. The monoisotopic (exact) mass is 270 g/mol. The third-order valence-corrected chi connectivity index (χ3v) is 3.03. The molecule has 0 bridgehead atoms. The largest absolute Gasteiger partial charge is 0.333 e. The number of benzene rings is 1. The van der Waals surface area contributed by atoms with Gasteiger partial charge in [-0.2, -0.15) is 0 Å². The highest BCUT2D eigenvalue weighted by Gasteiger charge is 2.16. The first-order valence-corrected chi connectivity index (χ1v) is 6.50. The molecule has 5 heteroatoms. The highest BCUT2D eigenvalue weighted by Crippen LogP contribution is 2.11. The third-order valence-electron chi connectivity index (χ3n) is 3.03. The van der Waals surface area contributed by atoms with Gasteiger partial charge < -0.3 is 10.3 Å². The molecule has 1 amide bonds. The maximum atomic E-state index is 12.4. The standard InChI is InChI=1S/C15H18N4O/c1-2-19(11-12-6-4-3-5-7-12)15(20)14-10-13(18-16)8-9-17-14/h3-10H,2,11,16H2,1H3,(H,17,18). The fourth-order valence-corrected chi connectivity index (χ4v) is 1.93. The molecule has 0 spiro atoms. The van der Waals surface area contributed by atoms with Crippen LogP contribution in [0.1, 0.15) is 23.0 Å². The molecule has 0 saturated carbocycles. The van der Waals surface area contributed by atoms with Crippen molar-refractivity contribution in [2.75, 3.05) is 12.0 Å². The SMILES string of the molecule is CCN(Cc1ccccc1)C(=O)c1cc(NN)ccn1. The van der Waals surface area contributed by atoms with Gasteiger partial charge in [0, 0.05) is 19.3 Å². The molecule has 0 fully saturated rings. The number of nitrogens with two attached hydrogens (primary N) is 1. The van der Waals surface area contributed by atoms with Gasteiger partial charge >= 0.3 is 0 Å². The highest BCUT2D eigenvalue weighted by atomic mass is 16.2. The average Bonchev–Trinajstić information content (AvgIpc) is 2.53. The molecule has 0 aliphatic rings. The number of nitrogens with one attached hydrogen (secondary N) is 1. The number of carbonyl (C=O) groups is 1. The van der Waals surface area contributed by atoms with Crippen molar-refractivity contribution in [1.82, 2.24) is 9.88 Å². The Kier molecular flexibility index (Phi) is 4.68. The van der Waals surface area contributed by atoms with Crippen LogP contribution in [0.2, 0.25) is 0 Å². The van der Waals surface area contributed by atoms with Crippen LogP contribution in [0.25, 0.3) is 0 Å². The van der Waals surface area contributed by atoms with Crippen LogP contribution in [-0.4, -0.2) is 22.3 Å². The Labute approximate surface area is 118 Å². The van der Waals surface area contributed by atoms with Crippen molar-refractivity contribution >= 4 is 11.6 Å². The first kappa shape index (κ1) is 14.0. The van der Waals surface area contributed by atoms with Gasteiger partial charge in [0.1, 0.15) is 5.69 Å². The van der Waals surface area contributed by atoms with E-state index in [2.05, 4.69) is 10.4 Å². The maximum absolute atomic E-state index is 12.4. The van der Waals surface area contributed by atoms with Crippen LogP contribution in [0, 0.1) is 0 Å². The zero-order valence-electron chi connectivity index (χ0n) is 11.4. The number of hydrogen-bond acceptors (Lipinski definition) is 4. The maximum Gasteiger partial charge on any atom is 0.272 e. The molecule has 5 nitrogen and oxygen atoms in total. The Hall–Kier alpha value is -2.40. The van der Waals surface area contributed by atoms with Crippen LogP contribution in [0.3, 0.4) is 0 Å². The lowest BCUT2D eigenvalue weighted by molar-refractivity contribution is 0.0746. The van der Waals surface area contributed by atoms with E-state index in [0.29, 0.717) is 24.5 Å². The Morgan fingerprint density at radius 1 is 1.30 bits per heavy atom. The molecule has 0 atom stereocenters. The summed E-state index contributed by atoms with van der Waals surface area (Å²) in [5.74, 6) is 5.25. The van der Waals surface area contributed by atoms with E-state index in [1.54, 1.807) is 23.2 Å². The lowest BCUT2D eigenvalue weighted by Gasteiger charge is -2.20. The molecule has 0 unspecified atom stereocenters. The number of amides is 1. The van der Waals surface area contributed by atoms with E-state index in [0.717, 1.165) is 5.56 Å². The second-order valence-corrected chi connectivity index (χ2v) is 4.38. The molecule has 1 aromatic carbocycles. The summed E-state index contributed by atoms with van der Waals surface area (Å²) in [4.78, 5) is 18.3. The molecule has 1 aromatic heterocycles. The molecular weight excluding hydrogens is 252 g/mol. The van der Waals surface area contributed by atoms with Crippen LogP contribution >= 0.6 is 0 Å². The van der Waals surface area contributed by atoms with Gasteiger partial charge in [0.2, 0.25) is 0 Å². The van der Waals surface area contributed by atoms with Crippen molar-refractivity contribution < 1.29 is 4.79 Å². The van der Waals surface area contributed by atoms with Crippen LogP contribution < -0.4 is 11.3 Å². The number of anilines is 1. The molecule has 0 saturated heterocycles. The van der Waals surface area contributed by atoms with Gasteiger partial charge in [-0.3, -0.25) is 15.6 Å². The first-order chi connectivity index (χ1) is 9.74. The summed E-state index contributed by atoms with van der Waals surface area (Å²) in [7, 11) is 0. The van der Waals surface area contributed by atoms with Gasteiger partial charge in [-0.25, -0.2) is 0 Å². The number of carbonyl (C=O) groups excluding carboxylic acids is 1. The number of hydrogen-bond donors (Lipinski definition) is 2. The van der Waals surface area contributed by atoms with E-state index < -0.39 is 0 Å². The zero-order valence-corrected chi connectivity index (χ0v) is 11.4. The van der Waals surface area contributed by atoms with Crippen molar-refractivity contribution in [2.24, 2.45) is 5.84 Å². The second-order valence-electron chi connectivity index (χ2n) is 4.38. The van der Waals surface area contributed by atoms with Gasteiger partial charge in [-0.1, -0.05) is 30.3 Å². The molecule has 1 heterocycles. The molecule has 0 radical (unpaired) electrons. The van der Waals surface area contributed by atoms with Gasteiger partial charge in [0.15, 0.2) is 0 Å². The van der Waals surface area contributed by atoms with Gasteiger partial charge in [-0.05, 0) is 24.6 Å². The second kappa shape index (κ2) is 6.68. The summed E-state index contributed by atoms with van der Waals surface area (Å²) in [5.41, 5.74) is 4.66. The minimum Gasteiger partial charge on any atom is -0.333 e. The predicted octanol–water partition coefficient (Wildman–Crippen LogP) is 2.03. The van der Waals surface area contributed by atoms with E-state index >= 15 is 0 Å². The fourth-order valence-electron chi connectivity index (χ4n) is 1.93. The van der Waals surface area contributed by atoms with Crippen LogP contribution in [0.15, 0.2) is 48.7 Å². The first-order valence-electron chi connectivity index (χ1n) is 6.50. The van der Waals surface area contributed by atoms with Crippen LogP contribution in [-0.2, 0) is 6.54 Å². The highest BCUT2D eigenvalue weighted by molar-refractivity contribution is 5.93. The predicted molar refractivity (Wildman–Crippen MR) is 78.9 cm³/mol. The lowest BCUT2D eigenvalue weighted by atomic mass is 10.2. The molecule has 3 N–H and O–H groups in total. The lowest BCUT2D eigenvalue weighted by Crippen LogP contribution is -2.31. The quantitative estimate of drug-likeness (QED) is 0.644. The van der Waals surface area contributed by atoms with E-state index in [-0.39, 0.29) is 5.91 Å². The summed E-state index contributed by atoms with van der Waals surface area (Å²) in [5, 5.41) is 0. The van der Waals surface area contributed by atoms with Crippen LogP contribution in [0.5, 0.6) is 0 Å². The summed E-state index contributed by atoms with van der Waals surface area (Å²) < 4.78 is 0. The molecule has 0 aliphatic heterocycles. The fraction of sp³-hybridized carbons (Fsp3) is 0.200. The topological polar surface area (TPSA) is 71.2 Å². The average molecular weight is 270 g/mol. The van der Waals surface area contributed by atoms with E-state index in [1.165, 1.54) is 0 Å². The number of nitrogen functional groups attached to an aromatic ring is 1. The Morgan fingerprint density at radius 3 is 2.70 bits per heavy atom. The molecule has 0 aliphatic carbocycles. The Balaban J connectivity index is 2.16. The number of aromatic nitrogens is 1. The Morgan fingerprint density at radius 2 is 2.05 bits per heavy atom. The minimum absolute atomic E-state index is 0.103. The van der Waals surface area contributed by atoms with Crippen molar-refractivity contribution in [2.45, 2.75) is 13.5 Å². The summed E-state index contributed by atoms with van der Waals surface area (Å²) >= 11 is 0. The molecule has 2 rings (SSSR count). The van der Waals surface area contributed by atoms with Crippen molar-refractivity contribution in [3.8, 4) is 0 Å². The molecule has 2 aromatic rings. The van der Waals surface area contributed by atoms with Crippen molar-refractivity contribution in [3.05, 3.63) is 59.9 Å². The summed E-state index contributed by atoms with van der Waals surface area (Å²) in [6, 6.07) is 13.2. The van der Waals surface area contributed by atoms with Crippen LogP contribution in [0.4, 0.5) is 5.69 Å².